The van der Waals surface area contributed by atoms with Gasteiger partial charge in [-0.15, -0.1) is 12.4 Å². The number of halogens is 1. The smallest absolute Gasteiger partial charge is 0.248 e. The molecule has 0 atom stereocenters. The van der Waals surface area contributed by atoms with Gasteiger partial charge in [-0.05, 0) is 24.5 Å². The predicted octanol–water partition coefficient (Wildman–Crippen LogP) is 2.33. The summed E-state index contributed by atoms with van der Waals surface area (Å²) in [6.45, 7) is 4.59. The van der Waals surface area contributed by atoms with Gasteiger partial charge in [0.2, 0.25) is 11.5 Å². The zero-order valence-corrected chi connectivity index (χ0v) is 14.3. The molecule has 1 aromatic heterocycles. The van der Waals surface area contributed by atoms with Crippen LogP contribution in [0.3, 0.4) is 0 Å². The average Bonchev–Trinajstić information content (AvgIpc) is 2.54. The third kappa shape index (κ3) is 3.92. The topological polar surface area (TPSA) is 88.0 Å². The number of nitrogens with two attached hydrogens (primary N) is 1. The molecule has 126 valence electrons. The van der Waals surface area contributed by atoms with Crippen molar-refractivity contribution >= 4 is 29.2 Å². The molecule has 5 nitrogen and oxygen atoms in total. The molecule has 0 aliphatic carbocycles. The molecule has 0 radical (unpaired) electrons. The Balaban J connectivity index is 0.00000264. The maximum Gasteiger partial charge on any atom is 0.248 e. The SMILES string of the molecule is CCC(CC)(CN)C(=O)NCc1cc(=O)[nH]c2ccccc12.Cl. The first-order chi connectivity index (χ1) is 10.6. The minimum absolute atomic E-state index is 0. The second-order valence-corrected chi connectivity index (χ2v) is 5.58. The number of carbonyl (C=O) groups excluding carboxylic acids is 1. The normalized spacial score (nSPS) is 11.1. The first-order valence-corrected chi connectivity index (χ1v) is 7.65. The van der Waals surface area contributed by atoms with Crippen LogP contribution in [0.5, 0.6) is 0 Å². The first-order valence-electron chi connectivity index (χ1n) is 7.65. The summed E-state index contributed by atoms with van der Waals surface area (Å²) in [6.07, 6.45) is 1.39. The quantitative estimate of drug-likeness (QED) is 0.756. The van der Waals surface area contributed by atoms with E-state index in [1.54, 1.807) is 0 Å². The lowest BCUT2D eigenvalue weighted by Gasteiger charge is -2.28. The molecule has 0 saturated carbocycles. The van der Waals surface area contributed by atoms with E-state index in [4.69, 9.17) is 5.73 Å². The van der Waals surface area contributed by atoms with Crippen LogP contribution in [0.15, 0.2) is 35.1 Å². The monoisotopic (exact) mass is 337 g/mol. The number of para-hydroxylation sites is 1. The van der Waals surface area contributed by atoms with Crippen molar-refractivity contribution in [2.24, 2.45) is 11.1 Å². The number of carbonyl (C=O) groups is 1. The van der Waals surface area contributed by atoms with Gasteiger partial charge in [-0.3, -0.25) is 9.59 Å². The van der Waals surface area contributed by atoms with E-state index in [2.05, 4.69) is 10.3 Å². The number of rotatable bonds is 6. The summed E-state index contributed by atoms with van der Waals surface area (Å²) in [5.41, 5.74) is 6.68. The van der Waals surface area contributed by atoms with Crippen molar-refractivity contribution in [2.45, 2.75) is 33.2 Å². The van der Waals surface area contributed by atoms with E-state index in [-0.39, 0.29) is 23.9 Å². The third-order valence-corrected chi connectivity index (χ3v) is 4.50. The van der Waals surface area contributed by atoms with Gasteiger partial charge in [0.05, 0.1) is 5.41 Å². The number of nitrogens with one attached hydrogen (secondary N) is 2. The molecule has 0 unspecified atom stereocenters. The predicted molar refractivity (Wildman–Crippen MR) is 95.7 cm³/mol. The lowest BCUT2D eigenvalue weighted by atomic mass is 9.81. The van der Waals surface area contributed by atoms with Gasteiger partial charge in [0.15, 0.2) is 0 Å². The fourth-order valence-electron chi connectivity index (χ4n) is 2.74. The number of pyridine rings is 1. The van der Waals surface area contributed by atoms with Crippen LogP contribution in [-0.4, -0.2) is 17.4 Å². The second kappa shape index (κ2) is 8.13. The zero-order valence-electron chi connectivity index (χ0n) is 13.5. The van der Waals surface area contributed by atoms with Crippen LogP contribution in [0.25, 0.3) is 10.9 Å². The van der Waals surface area contributed by atoms with Crippen molar-refractivity contribution < 1.29 is 4.79 Å². The maximum absolute atomic E-state index is 12.5. The molecule has 0 spiro atoms. The summed E-state index contributed by atoms with van der Waals surface area (Å²) in [5, 5.41) is 3.88. The molecular formula is C17H24ClN3O2. The highest BCUT2D eigenvalue weighted by Crippen LogP contribution is 2.25. The highest BCUT2D eigenvalue weighted by atomic mass is 35.5. The molecule has 0 saturated heterocycles. The first kappa shape index (κ1) is 19.2. The summed E-state index contributed by atoms with van der Waals surface area (Å²) in [6, 6.07) is 9.10. The van der Waals surface area contributed by atoms with E-state index >= 15 is 0 Å². The van der Waals surface area contributed by atoms with E-state index < -0.39 is 5.41 Å². The standard InChI is InChI=1S/C17H23N3O2.ClH/c1-3-17(4-2,11-18)16(22)19-10-12-9-15(21)20-14-8-6-5-7-13(12)14;/h5-9H,3-4,10-11,18H2,1-2H3,(H,19,22)(H,20,21);1H. The largest absolute Gasteiger partial charge is 0.351 e. The number of hydrogen-bond donors (Lipinski definition) is 3. The third-order valence-electron chi connectivity index (χ3n) is 4.50. The van der Waals surface area contributed by atoms with Crippen LogP contribution in [0.2, 0.25) is 0 Å². The summed E-state index contributed by atoms with van der Waals surface area (Å²) in [7, 11) is 0. The lowest BCUT2D eigenvalue weighted by Crippen LogP contribution is -2.45. The molecule has 1 aromatic carbocycles. The van der Waals surface area contributed by atoms with Crippen molar-refractivity contribution in [3.8, 4) is 0 Å². The summed E-state index contributed by atoms with van der Waals surface area (Å²) < 4.78 is 0. The van der Waals surface area contributed by atoms with E-state index in [1.165, 1.54) is 6.07 Å². The van der Waals surface area contributed by atoms with Crippen LogP contribution in [0, 0.1) is 5.41 Å². The van der Waals surface area contributed by atoms with Gasteiger partial charge in [0.1, 0.15) is 0 Å². The lowest BCUT2D eigenvalue weighted by molar-refractivity contribution is -0.131. The van der Waals surface area contributed by atoms with Crippen molar-refractivity contribution in [3.05, 3.63) is 46.2 Å². The Morgan fingerprint density at radius 3 is 2.52 bits per heavy atom. The maximum atomic E-state index is 12.5. The van der Waals surface area contributed by atoms with Crippen LogP contribution in [-0.2, 0) is 11.3 Å². The van der Waals surface area contributed by atoms with Crippen molar-refractivity contribution in [1.82, 2.24) is 10.3 Å². The Labute approximate surface area is 142 Å². The molecule has 1 heterocycles. The fourth-order valence-corrected chi connectivity index (χ4v) is 2.74. The molecule has 0 bridgehead atoms. The van der Waals surface area contributed by atoms with Gasteiger partial charge in [-0.2, -0.15) is 0 Å². The minimum atomic E-state index is -0.531. The number of hydrogen-bond acceptors (Lipinski definition) is 3. The number of fused-ring (bicyclic) bond motifs is 1. The van der Waals surface area contributed by atoms with Gasteiger partial charge in [0.25, 0.3) is 0 Å². The fraction of sp³-hybridized carbons (Fsp3) is 0.412. The average molecular weight is 338 g/mol. The van der Waals surface area contributed by atoms with Crippen molar-refractivity contribution in [3.63, 3.8) is 0 Å². The summed E-state index contributed by atoms with van der Waals surface area (Å²) >= 11 is 0. The summed E-state index contributed by atoms with van der Waals surface area (Å²) in [4.78, 5) is 27.0. The highest BCUT2D eigenvalue weighted by Gasteiger charge is 2.32. The van der Waals surface area contributed by atoms with Gasteiger partial charge in [-0.25, -0.2) is 0 Å². The number of aromatic amines is 1. The second-order valence-electron chi connectivity index (χ2n) is 5.58. The Hall–Kier alpha value is -1.85. The summed E-state index contributed by atoms with van der Waals surface area (Å²) in [5.74, 6) is -0.0515. The molecule has 0 aliphatic rings. The molecule has 0 fully saturated rings. The number of H-pyrrole nitrogens is 1. The zero-order chi connectivity index (χ0) is 16.2. The molecule has 2 rings (SSSR count). The van der Waals surface area contributed by atoms with Gasteiger partial charge < -0.3 is 16.0 Å². The van der Waals surface area contributed by atoms with Crippen LogP contribution in [0.4, 0.5) is 0 Å². The molecule has 2 aromatic rings. The highest BCUT2D eigenvalue weighted by molar-refractivity contribution is 5.85. The van der Waals surface area contributed by atoms with Gasteiger partial charge in [0, 0.05) is 30.1 Å². The van der Waals surface area contributed by atoms with Gasteiger partial charge >= 0.3 is 0 Å². The molecule has 23 heavy (non-hydrogen) atoms. The molecular weight excluding hydrogens is 314 g/mol. The molecule has 1 amide bonds. The molecule has 0 aliphatic heterocycles. The minimum Gasteiger partial charge on any atom is -0.351 e. The van der Waals surface area contributed by atoms with Crippen molar-refractivity contribution in [2.75, 3.05) is 6.54 Å². The Kier molecular flexibility index (Phi) is 6.79. The van der Waals surface area contributed by atoms with Crippen LogP contribution >= 0.6 is 12.4 Å². The molecule has 6 heteroatoms. The molecule has 4 N–H and O–H groups in total. The number of benzene rings is 1. The van der Waals surface area contributed by atoms with Crippen LogP contribution < -0.4 is 16.6 Å². The van der Waals surface area contributed by atoms with Crippen LogP contribution in [0.1, 0.15) is 32.3 Å². The van der Waals surface area contributed by atoms with Crippen molar-refractivity contribution in [1.29, 1.82) is 0 Å². The Morgan fingerprint density at radius 1 is 1.26 bits per heavy atom. The number of amides is 1. The van der Waals surface area contributed by atoms with E-state index in [1.807, 2.05) is 38.1 Å². The van der Waals surface area contributed by atoms with E-state index in [0.717, 1.165) is 16.5 Å². The number of aromatic nitrogens is 1. The van der Waals surface area contributed by atoms with Gasteiger partial charge in [-0.1, -0.05) is 32.0 Å². The van der Waals surface area contributed by atoms with E-state index in [0.29, 0.717) is 25.9 Å². The van der Waals surface area contributed by atoms with E-state index in [9.17, 15) is 9.59 Å². The Bertz CT molecular complexity index is 715. The Morgan fingerprint density at radius 2 is 1.91 bits per heavy atom.